The van der Waals surface area contributed by atoms with Gasteiger partial charge in [0.1, 0.15) is 0 Å². The predicted octanol–water partition coefficient (Wildman–Crippen LogP) is 4.62. The van der Waals surface area contributed by atoms with Gasteiger partial charge in [-0.1, -0.05) is 11.6 Å². The average Bonchev–Trinajstić information content (AvgIpc) is 2.59. The van der Waals surface area contributed by atoms with E-state index in [4.69, 9.17) is 16.3 Å². The minimum atomic E-state index is -3.69. The van der Waals surface area contributed by atoms with Crippen LogP contribution in [-0.4, -0.2) is 39.3 Å². The summed E-state index contributed by atoms with van der Waals surface area (Å²) >= 11 is 9.47. The SMILES string of the molecule is CCOc1c(Br)cc(Cl)cc1NC(=O)c1cc(C)c(C)c(S(=O)(=O)N(C)C)c1. The monoisotopic (exact) mass is 488 g/mol. The van der Waals surface area contributed by atoms with Crippen LogP contribution >= 0.6 is 27.5 Å². The van der Waals surface area contributed by atoms with Crippen molar-refractivity contribution in [2.24, 2.45) is 0 Å². The average molecular weight is 490 g/mol. The Hall–Kier alpha value is -1.61. The van der Waals surface area contributed by atoms with E-state index in [2.05, 4.69) is 21.2 Å². The lowest BCUT2D eigenvalue weighted by Crippen LogP contribution is -2.24. The molecule has 0 atom stereocenters. The molecule has 0 radical (unpaired) electrons. The lowest BCUT2D eigenvalue weighted by Gasteiger charge is -2.17. The molecule has 0 aliphatic rings. The fourth-order valence-electron chi connectivity index (χ4n) is 2.56. The molecule has 0 spiro atoms. The summed E-state index contributed by atoms with van der Waals surface area (Å²) in [6, 6.07) is 6.28. The van der Waals surface area contributed by atoms with Gasteiger partial charge in [0.15, 0.2) is 5.75 Å². The third kappa shape index (κ3) is 4.68. The molecule has 0 aliphatic carbocycles. The van der Waals surface area contributed by atoms with Gasteiger partial charge in [0, 0.05) is 24.7 Å². The molecule has 1 N–H and O–H groups in total. The predicted molar refractivity (Wildman–Crippen MR) is 115 cm³/mol. The normalized spacial score (nSPS) is 11.6. The highest BCUT2D eigenvalue weighted by Crippen LogP contribution is 2.37. The molecule has 2 rings (SSSR count). The van der Waals surface area contributed by atoms with Crippen LogP contribution in [0.3, 0.4) is 0 Å². The molecule has 2 aromatic rings. The highest BCUT2D eigenvalue weighted by atomic mass is 79.9. The van der Waals surface area contributed by atoms with Gasteiger partial charge >= 0.3 is 0 Å². The smallest absolute Gasteiger partial charge is 0.255 e. The molecule has 2 aromatic carbocycles. The molecule has 1 amide bonds. The number of hydrogen-bond acceptors (Lipinski definition) is 4. The summed E-state index contributed by atoms with van der Waals surface area (Å²) in [4.78, 5) is 13.0. The number of anilines is 1. The van der Waals surface area contributed by atoms with E-state index in [1.54, 1.807) is 32.0 Å². The molecule has 6 nitrogen and oxygen atoms in total. The number of hydrogen-bond donors (Lipinski definition) is 1. The van der Waals surface area contributed by atoms with Gasteiger partial charge in [-0.3, -0.25) is 4.79 Å². The molecule has 0 aromatic heterocycles. The van der Waals surface area contributed by atoms with Crippen molar-refractivity contribution in [2.45, 2.75) is 25.7 Å². The molecular formula is C19H22BrClN2O4S. The Morgan fingerprint density at radius 3 is 2.43 bits per heavy atom. The first-order valence-electron chi connectivity index (χ1n) is 8.46. The van der Waals surface area contributed by atoms with Crippen LogP contribution in [0.25, 0.3) is 0 Å². The zero-order valence-corrected chi connectivity index (χ0v) is 19.4. The van der Waals surface area contributed by atoms with Crippen molar-refractivity contribution >= 4 is 49.1 Å². The summed E-state index contributed by atoms with van der Waals surface area (Å²) in [6.07, 6.45) is 0. The summed E-state index contributed by atoms with van der Waals surface area (Å²) in [5, 5.41) is 3.18. The molecule has 0 bridgehead atoms. The number of rotatable bonds is 6. The Morgan fingerprint density at radius 1 is 1.21 bits per heavy atom. The van der Waals surface area contributed by atoms with Gasteiger partial charge in [-0.2, -0.15) is 0 Å². The largest absolute Gasteiger partial charge is 0.491 e. The maximum Gasteiger partial charge on any atom is 0.255 e. The summed E-state index contributed by atoms with van der Waals surface area (Å²) in [5.41, 5.74) is 1.92. The first-order valence-corrected chi connectivity index (χ1v) is 11.1. The summed E-state index contributed by atoms with van der Waals surface area (Å²) in [6.45, 7) is 5.71. The van der Waals surface area contributed by atoms with E-state index < -0.39 is 15.9 Å². The molecular weight excluding hydrogens is 468 g/mol. The summed E-state index contributed by atoms with van der Waals surface area (Å²) in [5.74, 6) is -0.0151. The number of ether oxygens (including phenoxy) is 1. The molecule has 152 valence electrons. The van der Waals surface area contributed by atoms with Gasteiger partial charge in [-0.15, -0.1) is 0 Å². The van der Waals surface area contributed by atoms with Crippen LogP contribution < -0.4 is 10.1 Å². The Morgan fingerprint density at radius 2 is 1.86 bits per heavy atom. The Balaban J connectivity index is 2.51. The number of carbonyl (C=O) groups is 1. The zero-order valence-electron chi connectivity index (χ0n) is 16.3. The van der Waals surface area contributed by atoms with Gasteiger partial charge in [-0.25, -0.2) is 12.7 Å². The Labute approximate surface area is 179 Å². The van der Waals surface area contributed by atoms with Crippen molar-refractivity contribution < 1.29 is 17.9 Å². The van der Waals surface area contributed by atoms with E-state index in [-0.39, 0.29) is 10.5 Å². The standard InChI is InChI=1S/C19H22BrClN2O4S/c1-6-27-18-15(20)9-14(21)10-16(18)22-19(24)13-7-11(2)12(3)17(8-13)28(25,26)23(4)5/h7-10H,6H2,1-5H3,(H,22,24). The molecule has 28 heavy (non-hydrogen) atoms. The van der Waals surface area contributed by atoms with E-state index in [1.165, 1.54) is 20.2 Å². The van der Waals surface area contributed by atoms with Crippen molar-refractivity contribution in [1.82, 2.24) is 4.31 Å². The number of halogens is 2. The van der Waals surface area contributed by atoms with Gasteiger partial charge < -0.3 is 10.1 Å². The van der Waals surface area contributed by atoms with Crippen molar-refractivity contribution in [1.29, 1.82) is 0 Å². The molecule has 0 unspecified atom stereocenters. The quantitative estimate of drug-likeness (QED) is 0.642. The minimum absolute atomic E-state index is 0.0972. The molecule has 0 heterocycles. The maximum atomic E-state index is 12.9. The van der Waals surface area contributed by atoms with Crippen LogP contribution in [0.5, 0.6) is 5.75 Å². The summed E-state index contributed by atoms with van der Waals surface area (Å²) in [7, 11) is -0.783. The van der Waals surface area contributed by atoms with Crippen LogP contribution in [0.15, 0.2) is 33.6 Å². The summed E-state index contributed by atoms with van der Waals surface area (Å²) < 4.78 is 32.6. The number of aryl methyl sites for hydroxylation is 1. The van der Waals surface area contributed by atoms with Crippen molar-refractivity contribution in [3.63, 3.8) is 0 Å². The van der Waals surface area contributed by atoms with Crippen molar-refractivity contribution in [3.05, 3.63) is 50.5 Å². The second kappa shape index (κ2) is 8.82. The third-order valence-electron chi connectivity index (χ3n) is 4.19. The number of nitrogens with one attached hydrogen (secondary N) is 1. The van der Waals surface area contributed by atoms with Crippen LogP contribution in [-0.2, 0) is 10.0 Å². The first-order chi connectivity index (χ1) is 13.0. The lowest BCUT2D eigenvalue weighted by molar-refractivity contribution is 0.102. The van der Waals surface area contributed by atoms with E-state index in [0.717, 1.165) is 4.31 Å². The van der Waals surface area contributed by atoms with Gasteiger partial charge in [0.25, 0.3) is 5.91 Å². The number of benzene rings is 2. The maximum absolute atomic E-state index is 12.9. The molecule has 9 heteroatoms. The number of amides is 1. The second-order valence-corrected chi connectivity index (χ2v) is 9.77. The Bertz CT molecular complexity index is 1020. The third-order valence-corrected chi connectivity index (χ3v) is 6.93. The van der Waals surface area contributed by atoms with Crippen LogP contribution in [0.2, 0.25) is 5.02 Å². The van der Waals surface area contributed by atoms with E-state index in [9.17, 15) is 13.2 Å². The first kappa shape index (κ1) is 22.7. The molecule has 0 saturated carbocycles. The second-order valence-electron chi connectivity index (χ2n) is 6.36. The Kier molecular flexibility index (Phi) is 7.14. The highest BCUT2D eigenvalue weighted by Gasteiger charge is 2.23. The van der Waals surface area contributed by atoms with Crippen molar-refractivity contribution in [2.75, 3.05) is 26.0 Å². The fraction of sp³-hybridized carbons (Fsp3) is 0.316. The van der Waals surface area contributed by atoms with Gasteiger partial charge in [0.05, 0.1) is 21.7 Å². The van der Waals surface area contributed by atoms with Gasteiger partial charge in [-0.05, 0) is 72.1 Å². The zero-order chi connectivity index (χ0) is 21.2. The van der Waals surface area contributed by atoms with E-state index >= 15 is 0 Å². The molecule has 0 aliphatic heterocycles. The number of sulfonamides is 1. The topological polar surface area (TPSA) is 75.7 Å². The lowest BCUT2D eigenvalue weighted by atomic mass is 10.1. The number of nitrogens with zero attached hydrogens (tertiary/aromatic N) is 1. The minimum Gasteiger partial charge on any atom is -0.491 e. The van der Waals surface area contributed by atoms with E-state index in [0.29, 0.717) is 38.7 Å². The van der Waals surface area contributed by atoms with E-state index in [1.807, 2.05) is 6.92 Å². The highest BCUT2D eigenvalue weighted by molar-refractivity contribution is 9.10. The molecule has 0 fully saturated rings. The molecule has 0 saturated heterocycles. The number of carbonyl (C=O) groups excluding carboxylic acids is 1. The van der Waals surface area contributed by atoms with Crippen molar-refractivity contribution in [3.8, 4) is 5.75 Å². The van der Waals surface area contributed by atoms with Crippen LogP contribution in [0, 0.1) is 13.8 Å². The van der Waals surface area contributed by atoms with Crippen LogP contribution in [0.1, 0.15) is 28.4 Å². The van der Waals surface area contributed by atoms with Gasteiger partial charge in [0.2, 0.25) is 10.0 Å². The fourth-order valence-corrected chi connectivity index (χ4v) is 4.70. The van der Waals surface area contributed by atoms with Crippen LogP contribution in [0.4, 0.5) is 5.69 Å².